The van der Waals surface area contributed by atoms with E-state index < -0.39 is 5.97 Å². The number of hydrogen-bond acceptors (Lipinski definition) is 6. The minimum absolute atomic E-state index is 0.0724. The first-order chi connectivity index (χ1) is 13.2. The van der Waals surface area contributed by atoms with E-state index in [0.717, 1.165) is 11.3 Å². The zero-order chi connectivity index (χ0) is 19.3. The lowest BCUT2D eigenvalue weighted by Gasteiger charge is -2.10. The number of oxime groups is 1. The van der Waals surface area contributed by atoms with Gasteiger partial charge in [0.25, 0.3) is 0 Å². The van der Waals surface area contributed by atoms with Crippen LogP contribution in [0.5, 0.6) is 0 Å². The van der Waals surface area contributed by atoms with Crippen LogP contribution in [0, 0.1) is 0 Å². The van der Waals surface area contributed by atoms with Crippen molar-refractivity contribution in [3.8, 4) is 0 Å². The molecule has 0 unspecified atom stereocenters. The molecule has 1 N–H and O–H groups in total. The Balaban J connectivity index is 1.77. The average Bonchev–Trinajstić information content (AvgIpc) is 2.69. The lowest BCUT2D eigenvalue weighted by Crippen LogP contribution is -2.05. The van der Waals surface area contributed by atoms with Gasteiger partial charge in [0.15, 0.2) is 0 Å². The third kappa shape index (κ3) is 6.91. The SMILES string of the molecule is CO/C=C(/C(=O)O)c1ccccc1COC/C=N/OCCc1ccccn1. The molecule has 0 atom stereocenters. The molecule has 7 heteroatoms. The zero-order valence-electron chi connectivity index (χ0n) is 15.1. The number of carboxylic acids is 1. The zero-order valence-corrected chi connectivity index (χ0v) is 15.1. The van der Waals surface area contributed by atoms with Gasteiger partial charge in [-0.1, -0.05) is 35.5 Å². The van der Waals surface area contributed by atoms with E-state index in [0.29, 0.717) is 18.6 Å². The lowest BCUT2D eigenvalue weighted by molar-refractivity contribution is -0.130. The number of carboxylic acid groups (broad SMARTS) is 1. The van der Waals surface area contributed by atoms with Crippen molar-refractivity contribution >= 4 is 17.8 Å². The molecule has 0 aliphatic carbocycles. The smallest absolute Gasteiger partial charge is 0.339 e. The van der Waals surface area contributed by atoms with Crippen molar-refractivity contribution in [3.63, 3.8) is 0 Å². The quantitative estimate of drug-likeness (QED) is 0.215. The van der Waals surface area contributed by atoms with Crippen molar-refractivity contribution in [1.29, 1.82) is 0 Å². The van der Waals surface area contributed by atoms with Crippen LogP contribution in [-0.4, -0.2) is 42.6 Å². The fourth-order valence-corrected chi connectivity index (χ4v) is 2.31. The number of ether oxygens (including phenoxy) is 2. The molecule has 1 heterocycles. The molecule has 142 valence electrons. The van der Waals surface area contributed by atoms with Crippen LogP contribution in [0.15, 0.2) is 60.1 Å². The van der Waals surface area contributed by atoms with Crippen molar-refractivity contribution in [2.75, 3.05) is 20.3 Å². The van der Waals surface area contributed by atoms with E-state index in [1.54, 1.807) is 18.3 Å². The van der Waals surface area contributed by atoms with Gasteiger partial charge in [0, 0.05) is 18.3 Å². The minimum atomic E-state index is -1.06. The fourth-order valence-electron chi connectivity index (χ4n) is 2.31. The fraction of sp³-hybridized carbons (Fsp3) is 0.250. The van der Waals surface area contributed by atoms with Gasteiger partial charge in [-0.05, 0) is 23.3 Å². The number of aliphatic carboxylic acids is 1. The maximum atomic E-state index is 11.4. The first-order valence-corrected chi connectivity index (χ1v) is 8.38. The first-order valence-electron chi connectivity index (χ1n) is 8.38. The third-order valence-corrected chi connectivity index (χ3v) is 3.55. The highest BCUT2D eigenvalue weighted by Crippen LogP contribution is 2.20. The summed E-state index contributed by atoms with van der Waals surface area (Å²) in [5, 5.41) is 13.2. The number of benzene rings is 1. The topological polar surface area (TPSA) is 90.2 Å². The monoisotopic (exact) mass is 370 g/mol. The van der Waals surface area contributed by atoms with Crippen molar-refractivity contribution in [2.24, 2.45) is 5.16 Å². The molecule has 0 amide bonds. The van der Waals surface area contributed by atoms with Crippen LogP contribution in [0.4, 0.5) is 0 Å². The van der Waals surface area contributed by atoms with Crippen molar-refractivity contribution < 1.29 is 24.2 Å². The van der Waals surface area contributed by atoms with E-state index in [1.807, 2.05) is 30.3 Å². The van der Waals surface area contributed by atoms with Gasteiger partial charge in [0.1, 0.15) is 12.2 Å². The molecule has 2 rings (SSSR count). The summed E-state index contributed by atoms with van der Waals surface area (Å²) in [5.74, 6) is -1.06. The van der Waals surface area contributed by atoms with Crippen LogP contribution in [-0.2, 0) is 32.1 Å². The number of pyridine rings is 1. The van der Waals surface area contributed by atoms with E-state index in [-0.39, 0.29) is 18.8 Å². The first kappa shape index (κ1) is 20.1. The molecule has 0 spiro atoms. The van der Waals surface area contributed by atoms with E-state index in [9.17, 15) is 9.90 Å². The van der Waals surface area contributed by atoms with Crippen molar-refractivity contribution in [1.82, 2.24) is 4.98 Å². The number of carbonyl (C=O) groups is 1. The van der Waals surface area contributed by atoms with Gasteiger partial charge in [-0.25, -0.2) is 4.79 Å². The number of aromatic nitrogens is 1. The van der Waals surface area contributed by atoms with Gasteiger partial charge in [-0.15, -0.1) is 0 Å². The van der Waals surface area contributed by atoms with Crippen molar-refractivity contribution in [3.05, 3.63) is 71.7 Å². The molecule has 0 saturated carbocycles. The Labute approximate surface area is 157 Å². The molecule has 1 aromatic carbocycles. The molecule has 0 fully saturated rings. The summed E-state index contributed by atoms with van der Waals surface area (Å²) in [6.45, 7) is 0.916. The molecule has 0 aliphatic rings. The summed E-state index contributed by atoms with van der Waals surface area (Å²) < 4.78 is 10.4. The highest BCUT2D eigenvalue weighted by Gasteiger charge is 2.14. The van der Waals surface area contributed by atoms with Crippen LogP contribution >= 0.6 is 0 Å². The van der Waals surface area contributed by atoms with Gasteiger partial charge >= 0.3 is 5.97 Å². The van der Waals surface area contributed by atoms with Crippen LogP contribution < -0.4 is 0 Å². The summed E-state index contributed by atoms with van der Waals surface area (Å²) in [5.41, 5.74) is 2.31. The van der Waals surface area contributed by atoms with Gasteiger partial charge in [-0.2, -0.15) is 0 Å². The molecule has 0 saturated heterocycles. The second kappa shape index (κ2) is 11.4. The van der Waals surface area contributed by atoms with E-state index in [1.165, 1.54) is 19.6 Å². The molecule has 1 aromatic heterocycles. The molecule has 27 heavy (non-hydrogen) atoms. The Morgan fingerprint density at radius 2 is 2.04 bits per heavy atom. The summed E-state index contributed by atoms with van der Waals surface area (Å²) in [6.07, 6.45) is 5.14. The largest absolute Gasteiger partial charge is 0.503 e. The van der Waals surface area contributed by atoms with Crippen molar-refractivity contribution in [2.45, 2.75) is 13.0 Å². The predicted octanol–water partition coefficient (Wildman–Crippen LogP) is 2.92. The molecule has 0 radical (unpaired) electrons. The predicted molar refractivity (Wildman–Crippen MR) is 101 cm³/mol. The number of rotatable bonds is 11. The summed E-state index contributed by atoms with van der Waals surface area (Å²) in [7, 11) is 1.41. The average molecular weight is 370 g/mol. The summed E-state index contributed by atoms with van der Waals surface area (Å²) >= 11 is 0. The molecule has 0 bridgehead atoms. The summed E-state index contributed by atoms with van der Waals surface area (Å²) in [4.78, 5) is 20.7. The maximum Gasteiger partial charge on any atom is 0.339 e. The standard InChI is InChI=1S/C20H22N2O5/c1-25-15-19(20(23)24)18-8-3-2-6-16(18)14-26-13-11-22-27-12-9-17-7-4-5-10-21-17/h2-8,10-11,15H,9,12-14H2,1H3,(H,23,24)/b19-15+,22-11+. The van der Waals surface area contributed by atoms with Crippen LogP contribution in [0.25, 0.3) is 5.57 Å². The summed E-state index contributed by atoms with van der Waals surface area (Å²) in [6, 6.07) is 12.8. The maximum absolute atomic E-state index is 11.4. The molecule has 0 aliphatic heterocycles. The van der Waals surface area contributed by atoms with Crippen LogP contribution in [0.3, 0.4) is 0 Å². The second-order valence-corrected chi connectivity index (χ2v) is 5.44. The Morgan fingerprint density at radius 1 is 1.22 bits per heavy atom. The van der Waals surface area contributed by atoms with Crippen LogP contribution in [0.2, 0.25) is 0 Å². The Kier molecular flexibility index (Phi) is 8.52. The minimum Gasteiger partial charge on any atom is -0.503 e. The lowest BCUT2D eigenvalue weighted by atomic mass is 10.0. The van der Waals surface area contributed by atoms with Gasteiger partial charge in [-0.3, -0.25) is 4.98 Å². The highest BCUT2D eigenvalue weighted by atomic mass is 16.6. The number of hydrogen-bond donors (Lipinski definition) is 1. The molecular weight excluding hydrogens is 348 g/mol. The van der Waals surface area contributed by atoms with Gasteiger partial charge in [0.05, 0.1) is 32.8 Å². The Hall–Kier alpha value is -3.19. The Morgan fingerprint density at radius 3 is 2.78 bits per heavy atom. The number of methoxy groups -OCH3 is 1. The van der Waals surface area contributed by atoms with E-state index >= 15 is 0 Å². The second-order valence-electron chi connectivity index (χ2n) is 5.44. The molecule has 2 aromatic rings. The molecule has 7 nitrogen and oxygen atoms in total. The third-order valence-electron chi connectivity index (χ3n) is 3.55. The highest BCUT2D eigenvalue weighted by molar-refractivity contribution is 6.15. The molecular formula is C20H22N2O5. The Bertz CT molecular complexity index is 775. The normalized spacial score (nSPS) is 11.5. The number of nitrogens with zero attached hydrogens (tertiary/aromatic N) is 2. The van der Waals surface area contributed by atoms with Crippen LogP contribution in [0.1, 0.15) is 16.8 Å². The van der Waals surface area contributed by atoms with Gasteiger partial charge in [0.2, 0.25) is 0 Å². The van der Waals surface area contributed by atoms with Gasteiger partial charge < -0.3 is 19.4 Å². The van der Waals surface area contributed by atoms with E-state index in [2.05, 4.69) is 10.1 Å². The van der Waals surface area contributed by atoms with E-state index in [4.69, 9.17) is 14.3 Å².